The molecule has 8 heteroatoms. The molecular weight excluding hydrogens is 392 g/mol. The van der Waals surface area contributed by atoms with Gasteiger partial charge in [-0.2, -0.15) is 0 Å². The van der Waals surface area contributed by atoms with Crippen LogP contribution >= 0.6 is 23.1 Å². The first kappa shape index (κ1) is 19.2. The van der Waals surface area contributed by atoms with E-state index in [0.717, 1.165) is 35.8 Å². The van der Waals surface area contributed by atoms with Crippen molar-refractivity contribution in [3.8, 4) is 16.4 Å². The van der Waals surface area contributed by atoms with Crippen LogP contribution in [-0.4, -0.2) is 45.2 Å². The molecule has 1 fully saturated rings. The second-order valence-corrected chi connectivity index (χ2v) is 8.85. The topological polar surface area (TPSA) is 69.0 Å². The number of hydrogen-bond acceptors (Lipinski definition) is 6. The number of nitrogens with one attached hydrogen (secondary N) is 1. The van der Waals surface area contributed by atoms with Gasteiger partial charge in [-0.15, -0.1) is 21.5 Å². The van der Waals surface area contributed by atoms with Crippen molar-refractivity contribution < 1.29 is 9.53 Å². The lowest BCUT2D eigenvalue weighted by atomic mass is 10.2. The van der Waals surface area contributed by atoms with E-state index in [1.165, 1.54) is 11.8 Å². The summed E-state index contributed by atoms with van der Waals surface area (Å²) in [5, 5.41) is 14.2. The third-order valence-electron chi connectivity index (χ3n) is 4.57. The fraction of sp³-hybridized carbons (Fsp3) is 0.350. The highest BCUT2D eigenvalue weighted by Crippen LogP contribution is 2.32. The van der Waals surface area contributed by atoms with Gasteiger partial charge in [-0.25, -0.2) is 0 Å². The van der Waals surface area contributed by atoms with E-state index in [0.29, 0.717) is 11.7 Å². The highest BCUT2D eigenvalue weighted by atomic mass is 32.2. The number of nitrogens with zero attached hydrogens (tertiary/aromatic N) is 3. The van der Waals surface area contributed by atoms with Crippen LogP contribution in [0.4, 0.5) is 0 Å². The van der Waals surface area contributed by atoms with Gasteiger partial charge in [0.05, 0.1) is 16.2 Å². The van der Waals surface area contributed by atoms with Crippen LogP contribution in [0.2, 0.25) is 0 Å². The summed E-state index contributed by atoms with van der Waals surface area (Å²) in [4.78, 5) is 13.6. The van der Waals surface area contributed by atoms with Crippen LogP contribution in [0, 0.1) is 0 Å². The molecule has 2 aromatic heterocycles. The van der Waals surface area contributed by atoms with E-state index in [4.69, 9.17) is 4.74 Å². The van der Waals surface area contributed by atoms with E-state index < -0.39 is 0 Å². The van der Waals surface area contributed by atoms with E-state index >= 15 is 0 Å². The third-order valence-corrected chi connectivity index (χ3v) is 6.48. The molecule has 0 bridgehead atoms. The molecule has 0 unspecified atom stereocenters. The Hall–Kier alpha value is -2.16. The zero-order chi connectivity index (χ0) is 19.3. The molecule has 4 rings (SSSR count). The van der Waals surface area contributed by atoms with E-state index in [2.05, 4.69) is 15.5 Å². The summed E-state index contributed by atoms with van der Waals surface area (Å²) in [5.41, 5.74) is 0.977. The fourth-order valence-corrected chi connectivity index (χ4v) is 4.69. The molecule has 6 nitrogen and oxygen atoms in total. The van der Waals surface area contributed by atoms with Gasteiger partial charge in [-0.05, 0) is 43.3 Å². The van der Waals surface area contributed by atoms with Crippen LogP contribution in [0.25, 0.3) is 16.4 Å². The van der Waals surface area contributed by atoms with Gasteiger partial charge in [-0.1, -0.05) is 36.0 Å². The van der Waals surface area contributed by atoms with Gasteiger partial charge in [0, 0.05) is 18.8 Å². The highest BCUT2D eigenvalue weighted by molar-refractivity contribution is 8.00. The maximum Gasteiger partial charge on any atom is 0.233 e. The molecule has 3 heterocycles. The van der Waals surface area contributed by atoms with Crippen molar-refractivity contribution in [1.29, 1.82) is 0 Å². The van der Waals surface area contributed by atoms with Crippen molar-refractivity contribution in [2.24, 2.45) is 0 Å². The van der Waals surface area contributed by atoms with Gasteiger partial charge in [0.25, 0.3) is 0 Å². The molecule has 1 aromatic carbocycles. The second-order valence-electron chi connectivity index (χ2n) is 6.59. The molecule has 1 aliphatic heterocycles. The number of para-hydroxylation sites is 1. The molecule has 0 aliphatic carbocycles. The highest BCUT2D eigenvalue weighted by Gasteiger charge is 2.23. The van der Waals surface area contributed by atoms with Crippen LogP contribution in [0.1, 0.15) is 19.8 Å². The van der Waals surface area contributed by atoms with E-state index in [-0.39, 0.29) is 17.3 Å². The fourth-order valence-electron chi connectivity index (χ4n) is 3.10. The summed E-state index contributed by atoms with van der Waals surface area (Å²) in [6, 6.07) is 14.0. The number of hydrogen-bond donors (Lipinski definition) is 1. The first-order valence-corrected chi connectivity index (χ1v) is 11.1. The Morgan fingerprint density at radius 1 is 1.32 bits per heavy atom. The lowest BCUT2D eigenvalue weighted by molar-refractivity contribution is -0.120. The Balaban J connectivity index is 1.53. The number of rotatable bonds is 7. The normalized spacial score (nSPS) is 17.5. The summed E-state index contributed by atoms with van der Waals surface area (Å²) in [7, 11) is 0. The number of ether oxygens (including phenoxy) is 1. The van der Waals surface area contributed by atoms with Gasteiger partial charge in [0.15, 0.2) is 11.0 Å². The van der Waals surface area contributed by atoms with Crippen LogP contribution in [0.3, 0.4) is 0 Å². The lowest BCUT2D eigenvalue weighted by Crippen LogP contribution is -2.36. The number of amides is 1. The molecule has 1 amide bonds. The Labute approximate surface area is 172 Å². The number of benzene rings is 1. The predicted molar refractivity (Wildman–Crippen MR) is 112 cm³/mol. The van der Waals surface area contributed by atoms with Crippen LogP contribution < -0.4 is 5.32 Å². The largest absolute Gasteiger partial charge is 0.376 e. The van der Waals surface area contributed by atoms with Gasteiger partial charge in [-0.3, -0.25) is 9.36 Å². The van der Waals surface area contributed by atoms with Crippen molar-refractivity contribution in [1.82, 2.24) is 20.1 Å². The van der Waals surface area contributed by atoms with Crippen molar-refractivity contribution in [3.63, 3.8) is 0 Å². The van der Waals surface area contributed by atoms with Gasteiger partial charge >= 0.3 is 0 Å². The van der Waals surface area contributed by atoms with Gasteiger partial charge in [0.2, 0.25) is 5.91 Å². The van der Waals surface area contributed by atoms with E-state index in [1.54, 1.807) is 11.3 Å². The molecular formula is C20H22N4O2S2. The molecule has 146 valence electrons. The number of carbonyl (C=O) groups excluding carboxylic acids is 1. The van der Waals surface area contributed by atoms with E-state index in [1.807, 2.05) is 59.3 Å². The smallest absolute Gasteiger partial charge is 0.233 e. The lowest BCUT2D eigenvalue weighted by Gasteiger charge is -2.15. The maximum atomic E-state index is 12.5. The summed E-state index contributed by atoms with van der Waals surface area (Å²) in [5.74, 6) is 0.774. The molecule has 1 saturated heterocycles. The van der Waals surface area contributed by atoms with Crippen LogP contribution in [0.15, 0.2) is 53.0 Å². The van der Waals surface area contributed by atoms with Crippen LogP contribution in [-0.2, 0) is 9.53 Å². The molecule has 3 aromatic rings. The molecule has 28 heavy (non-hydrogen) atoms. The molecule has 0 spiro atoms. The Morgan fingerprint density at radius 3 is 2.89 bits per heavy atom. The minimum Gasteiger partial charge on any atom is -0.376 e. The molecule has 0 radical (unpaired) electrons. The van der Waals surface area contributed by atoms with E-state index in [9.17, 15) is 4.79 Å². The first-order chi connectivity index (χ1) is 13.7. The minimum absolute atomic E-state index is 0.0132. The Morgan fingerprint density at radius 2 is 2.18 bits per heavy atom. The van der Waals surface area contributed by atoms with Crippen molar-refractivity contribution in [3.05, 3.63) is 47.8 Å². The van der Waals surface area contributed by atoms with Crippen molar-refractivity contribution >= 4 is 29.0 Å². The Bertz CT molecular complexity index is 906. The standard InChI is InChI=1S/C20H22N4O2S2/c1-14(19(25)21-13-16-9-5-11-26-16)28-20-23-22-18(17-10-6-12-27-17)24(20)15-7-3-2-4-8-15/h2-4,6-8,10,12,14,16H,5,9,11,13H2,1H3,(H,21,25)/t14-,16+/m1/s1. The third kappa shape index (κ3) is 4.29. The number of thioether (sulfide) groups is 1. The van der Waals surface area contributed by atoms with Crippen molar-refractivity contribution in [2.75, 3.05) is 13.2 Å². The summed E-state index contributed by atoms with van der Waals surface area (Å²) >= 11 is 3.03. The summed E-state index contributed by atoms with van der Waals surface area (Å²) < 4.78 is 7.59. The average Bonchev–Trinajstić information content (AvgIpc) is 3.47. The SMILES string of the molecule is C[C@@H](Sc1nnc(-c2cccs2)n1-c1ccccc1)C(=O)NC[C@@H]1CCCO1. The molecule has 1 aliphatic rings. The first-order valence-electron chi connectivity index (χ1n) is 9.33. The van der Waals surface area contributed by atoms with Crippen molar-refractivity contribution in [2.45, 2.75) is 36.3 Å². The quantitative estimate of drug-likeness (QED) is 0.596. The molecule has 0 saturated carbocycles. The Kier molecular flexibility index (Phi) is 6.09. The average molecular weight is 415 g/mol. The number of aromatic nitrogens is 3. The molecule has 1 N–H and O–H groups in total. The zero-order valence-corrected chi connectivity index (χ0v) is 17.2. The van der Waals surface area contributed by atoms with Gasteiger partial charge in [0.1, 0.15) is 0 Å². The summed E-state index contributed by atoms with van der Waals surface area (Å²) in [6.45, 7) is 3.25. The summed E-state index contributed by atoms with van der Waals surface area (Å²) in [6.07, 6.45) is 2.21. The van der Waals surface area contributed by atoms with Gasteiger partial charge < -0.3 is 10.1 Å². The predicted octanol–water partition coefficient (Wildman–Crippen LogP) is 3.77. The van der Waals surface area contributed by atoms with Crippen LogP contribution in [0.5, 0.6) is 0 Å². The monoisotopic (exact) mass is 414 g/mol. The number of thiophene rings is 1. The number of carbonyl (C=O) groups is 1. The maximum absolute atomic E-state index is 12.5. The minimum atomic E-state index is -0.288. The molecule has 2 atom stereocenters. The zero-order valence-electron chi connectivity index (χ0n) is 15.6. The second kappa shape index (κ2) is 8.89.